The summed E-state index contributed by atoms with van der Waals surface area (Å²) < 4.78 is 5.78. The third-order valence-electron chi connectivity index (χ3n) is 4.60. The topological polar surface area (TPSA) is 80.2 Å². The van der Waals surface area contributed by atoms with E-state index in [0.717, 1.165) is 33.1 Å². The standard InChI is InChI=1S/C23H21ClN4O2S/c24-22-6-3-18(13-27-22)21(29)14-26-11-12-30-19-4-1-16(2-5-19)20-15-31-23(28-20)17-7-9-25-10-8-17/h1-10,13,15,21,26,29H,11-12,14H2/t21-/m0/s1. The number of hydrogen-bond acceptors (Lipinski definition) is 7. The lowest BCUT2D eigenvalue weighted by molar-refractivity contribution is 0.171. The van der Waals surface area contributed by atoms with Crippen LogP contribution in [-0.4, -0.2) is 39.8 Å². The fourth-order valence-corrected chi connectivity index (χ4v) is 3.88. The van der Waals surface area contributed by atoms with Crippen LogP contribution >= 0.6 is 22.9 Å². The number of aliphatic hydroxyl groups is 1. The van der Waals surface area contributed by atoms with Crippen LogP contribution in [0.4, 0.5) is 0 Å². The molecule has 0 aliphatic carbocycles. The van der Waals surface area contributed by atoms with Crippen LogP contribution in [-0.2, 0) is 0 Å². The van der Waals surface area contributed by atoms with Crippen LogP contribution in [0.1, 0.15) is 11.7 Å². The zero-order chi connectivity index (χ0) is 21.5. The summed E-state index contributed by atoms with van der Waals surface area (Å²) in [4.78, 5) is 12.7. The molecule has 1 aromatic carbocycles. The third-order valence-corrected chi connectivity index (χ3v) is 5.72. The normalized spacial score (nSPS) is 11.9. The maximum Gasteiger partial charge on any atom is 0.129 e. The Morgan fingerprint density at radius 2 is 1.84 bits per heavy atom. The van der Waals surface area contributed by atoms with Gasteiger partial charge < -0.3 is 15.2 Å². The van der Waals surface area contributed by atoms with Crippen LogP contribution in [0.15, 0.2) is 72.5 Å². The molecule has 31 heavy (non-hydrogen) atoms. The number of rotatable bonds is 9. The molecule has 6 nitrogen and oxygen atoms in total. The van der Waals surface area contributed by atoms with Crippen LogP contribution in [0.25, 0.3) is 21.8 Å². The predicted octanol–water partition coefficient (Wildman–Crippen LogP) is 4.62. The Balaban J connectivity index is 1.23. The Morgan fingerprint density at radius 1 is 1.03 bits per heavy atom. The Labute approximate surface area is 189 Å². The number of benzene rings is 1. The van der Waals surface area contributed by atoms with Crippen molar-refractivity contribution in [3.05, 3.63) is 83.2 Å². The van der Waals surface area contributed by atoms with E-state index in [9.17, 15) is 5.11 Å². The summed E-state index contributed by atoms with van der Waals surface area (Å²) in [6.45, 7) is 1.52. The predicted molar refractivity (Wildman–Crippen MR) is 123 cm³/mol. The van der Waals surface area contributed by atoms with Gasteiger partial charge >= 0.3 is 0 Å². The molecular weight excluding hydrogens is 432 g/mol. The van der Waals surface area contributed by atoms with E-state index in [4.69, 9.17) is 21.3 Å². The zero-order valence-corrected chi connectivity index (χ0v) is 18.2. The number of nitrogens with one attached hydrogen (secondary N) is 1. The number of ether oxygens (including phenoxy) is 1. The van der Waals surface area contributed by atoms with E-state index in [1.54, 1.807) is 42.1 Å². The van der Waals surface area contributed by atoms with Crippen LogP contribution in [0.2, 0.25) is 5.15 Å². The lowest BCUT2D eigenvalue weighted by Gasteiger charge is -2.12. The molecule has 1 atom stereocenters. The Hall–Kier alpha value is -2.84. The summed E-state index contributed by atoms with van der Waals surface area (Å²) in [6, 6.07) is 15.2. The molecule has 0 fully saturated rings. The number of aliphatic hydroxyl groups excluding tert-OH is 1. The summed E-state index contributed by atoms with van der Waals surface area (Å²) in [5.41, 5.74) is 3.77. The lowest BCUT2D eigenvalue weighted by atomic mass is 10.1. The molecule has 0 saturated carbocycles. The summed E-state index contributed by atoms with van der Waals surface area (Å²) in [6.07, 6.45) is 4.48. The molecule has 4 aromatic rings. The number of halogens is 1. The van der Waals surface area contributed by atoms with E-state index >= 15 is 0 Å². The number of pyridine rings is 2. The van der Waals surface area contributed by atoms with Crippen molar-refractivity contribution >= 4 is 22.9 Å². The second-order valence-electron chi connectivity index (χ2n) is 6.78. The van der Waals surface area contributed by atoms with Gasteiger partial charge in [0.1, 0.15) is 22.5 Å². The first-order valence-electron chi connectivity index (χ1n) is 9.78. The van der Waals surface area contributed by atoms with Crippen molar-refractivity contribution in [1.29, 1.82) is 0 Å². The first kappa shape index (κ1) is 21.4. The maximum absolute atomic E-state index is 10.1. The van der Waals surface area contributed by atoms with Crippen LogP contribution in [0.3, 0.4) is 0 Å². The molecule has 3 heterocycles. The van der Waals surface area contributed by atoms with E-state index in [2.05, 4.69) is 20.7 Å². The highest BCUT2D eigenvalue weighted by atomic mass is 35.5. The average molecular weight is 453 g/mol. The number of aromatic nitrogens is 3. The third kappa shape index (κ3) is 5.86. The SMILES string of the molecule is O[C@@H](CNCCOc1ccc(-c2csc(-c3ccncc3)n2)cc1)c1ccc(Cl)nc1. The highest BCUT2D eigenvalue weighted by molar-refractivity contribution is 7.13. The maximum atomic E-state index is 10.1. The van der Waals surface area contributed by atoms with Gasteiger partial charge in [-0.15, -0.1) is 11.3 Å². The van der Waals surface area contributed by atoms with Gasteiger partial charge in [-0.1, -0.05) is 17.7 Å². The van der Waals surface area contributed by atoms with E-state index in [0.29, 0.717) is 24.8 Å². The van der Waals surface area contributed by atoms with E-state index < -0.39 is 6.10 Å². The van der Waals surface area contributed by atoms with Crippen molar-refractivity contribution in [2.24, 2.45) is 0 Å². The largest absolute Gasteiger partial charge is 0.492 e. The van der Waals surface area contributed by atoms with Gasteiger partial charge in [-0.3, -0.25) is 4.98 Å². The van der Waals surface area contributed by atoms with Crippen LogP contribution in [0.5, 0.6) is 5.75 Å². The zero-order valence-electron chi connectivity index (χ0n) is 16.6. The van der Waals surface area contributed by atoms with Gasteiger partial charge in [-0.2, -0.15) is 0 Å². The van der Waals surface area contributed by atoms with Gasteiger partial charge in [0, 0.05) is 53.8 Å². The summed E-state index contributed by atoms with van der Waals surface area (Å²) in [7, 11) is 0. The van der Waals surface area contributed by atoms with Crippen LogP contribution in [0, 0.1) is 0 Å². The minimum absolute atomic E-state index is 0.410. The van der Waals surface area contributed by atoms with Crippen molar-refractivity contribution in [3.63, 3.8) is 0 Å². The van der Waals surface area contributed by atoms with Crippen LogP contribution < -0.4 is 10.1 Å². The molecule has 158 valence electrons. The molecule has 0 unspecified atom stereocenters. The Morgan fingerprint density at radius 3 is 2.58 bits per heavy atom. The number of hydrogen-bond donors (Lipinski definition) is 2. The van der Waals surface area contributed by atoms with Gasteiger partial charge in [0.05, 0.1) is 11.8 Å². The van der Waals surface area contributed by atoms with Crippen molar-refractivity contribution in [2.45, 2.75) is 6.10 Å². The minimum Gasteiger partial charge on any atom is -0.492 e. The average Bonchev–Trinajstić information content (AvgIpc) is 3.30. The second-order valence-corrected chi connectivity index (χ2v) is 8.03. The number of thiazole rings is 1. The van der Waals surface area contributed by atoms with Gasteiger partial charge in [0.15, 0.2) is 0 Å². The molecule has 3 aromatic heterocycles. The van der Waals surface area contributed by atoms with E-state index in [1.807, 2.05) is 36.4 Å². The summed E-state index contributed by atoms with van der Waals surface area (Å²) in [5, 5.41) is 16.8. The van der Waals surface area contributed by atoms with Gasteiger partial charge in [-0.25, -0.2) is 9.97 Å². The Kier molecular flexibility index (Phi) is 7.22. The molecule has 0 aliphatic heterocycles. The first-order chi connectivity index (χ1) is 15.2. The molecule has 8 heteroatoms. The van der Waals surface area contributed by atoms with Gasteiger partial charge in [-0.05, 0) is 42.5 Å². The smallest absolute Gasteiger partial charge is 0.129 e. The highest BCUT2D eigenvalue weighted by Crippen LogP contribution is 2.29. The second kappa shape index (κ2) is 10.5. The molecule has 0 amide bonds. The highest BCUT2D eigenvalue weighted by Gasteiger charge is 2.08. The fraction of sp³-hybridized carbons (Fsp3) is 0.174. The monoisotopic (exact) mass is 452 g/mol. The van der Waals surface area contributed by atoms with Crippen molar-refractivity contribution < 1.29 is 9.84 Å². The molecule has 0 bridgehead atoms. The molecule has 2 N–H and O–H groups in total. The molecule has 0 spiro atoms. The fourth-order valence-electron chi connectivity index (χ4n) is 2.94. The van der Waals surface area contributed by atoms with E-state index in [1.165, 1.54) is 0 Å². The van der Waals surface area contributed by atoms with Crippen molar-refractivity contribution in [2.75, 3.05) is 19.7 Å². The summed E-state index contributed by atoms with van der Waals surface area (Å²) in [5.74, 6) is 0.789. The summed E-state index contributed by atoms with van der Waals surface area (Å²) >= 11 is 7.37. The van der Waals surface area contributed by atoms with Gasteiger partial charge in [0.2, 0.25) is 0 Å². The first-order valence-corrected chi connectivity index (χ1v) is 11.0. The van der Waals surface area contributed by atoms with Crippen molar-refractivity contribution in [1.82, 2.24) is 20.3 Å². The Bertz CT molecular complexity index is 1090. The molecule has 0 aliphatic rings. The van der Waals surface area contributed by atoms with Gasteiger partial charge in [0.25, 0.3) is 0 Å². The minimum atomic E-state index is -0.640. The molecule has 4 rings (SSSR count). The molecular formula is C23H21ClN4O2S. The number of nitrogens with zero attached hydrogens (tertiary/aromatic N) is 3. The van der Waals surface area contributed by atoms with E-state index in [-0.39, 0.29) is 0 Å². The molecule has 0 saturated heterocycles. The molecule has 0 radical (unpaired) electrons. The quantitative estimate of drug-likeness (QED) is 0.285. The van der Waals surface area contributed by atoms with Crippen molar-refractivity contribution in [3.8, 4) is 27.6 Å². The lowest BCUT2D eigenvalue weighted by Crippen LogP contribution is -2.26.